The first-order chi connectivity index (χ1) is 3.81. The van der Waals surface area contributed by atoms with Crippen LogP contribution < -0.4 is 5.32 Å². The maximum Gasteiger partial charge on any atom is 0.233 e. The molecule has 0 fully saturated rings. The average molecular weight is 131 g/mol. The van der Waals surface area contributed by atoms with Crippen molar-refractivity contribution in [2.75, 3.05) is 5.75 Å². The van der Waals surface area contributed by atoms with Crippen molar-refractivity contribution in [2.45, 2.75) is 6.92 Å². The van der Waals surface area contributed by atoms with Crippen LogP contribution >= 0.6 is 12.6 Å². The number of rotatable bonds is 2. The highest BCUT2D eigenvalue weighted by Crippen LogP contribution is 1.72. The predicted octanol–water partition coefficient (Wildman–Crippen LogP) is 0.566. The van der Waals surface area contributed by atoms with Crippen LogP contribution in [0.3, 0.4) is 0 Å². The largest absolute Gasteiger partial charge is 0.332 e. The summed E-state index contributed by atoms with van der Waals surface area (Å²) in [5.41, 5.74) is 0. The van der Waals surface area contributed by atoms with Gasteiger partial charge in [-0.25, -0.2) is 0 Å². The summed E-state index contributed by atoms with van der Waals surface area (Å²) in [5, 5.41) is 2.49. The zero-order chi connectivity index (χ0) is 6.41. The lowest BCUT2D eigenvalue weighted by Crippen LogP contribution is -2.17. The van der Waals surface area contributed by atoms with Gasteiger partial charge in [-0.2, -0.15) is 12.6 Å². The summed E-state index contributed by atoms with van der Waals surface area (Å²) in [6.07, 6.45) is 3.33. The topological polar surface area (TPSA) is 29.1 Å². The molecule has 1 amide bonds. The first kappa shape index (κ1) is 7.56. The van der Waals surface area contributed by atoms with Gasteiger partial charge in [0.1, 0.15) is 0 Å². The highest BCUT2D eigenvalue weighted by Gasteiger charge is 1.88. The van der Waals surface area contributed by atoms with Crippen molar-refractivity contribution in [3.8, 4) is 0 Å². The quantitative estimate of drug-likeness (QED) is 0.527. The summed E-state index contributed by atoms with van der Waals surface area (Å²) in [5.74, 6) is 0.163. The smallest absolute Gasteiger partial charge is 0.233 e. The van der Waals surface area contributed by atoms with E-state index in [2.05, 4.69) is 17.9 Å². The van der Waals surface area contributed by atoms with Crippen LogP contribution in [0.15, 0.2) is 12.3 Å². The first-order valence-electron chi connectivity index (χ1n) is 2.32. The Bertz CT molecular complexity index is 101. The molecule has 0 radical (unpaired) electrons. The van der Waals surface area contributed by atoms with Gasteiger partial charge in [-0.05, 0) is 13.1 Å². The summed E-state index contributed by atoms with van der Waals surface area (Å²) in [6, 6.07) is 0. The zero-order valence-corrected chi connectivity index (χ0v) is 5.61. The molecule has 0 aliphatic carbocycles. The Kier molecular flexibility index (Phi) is 4.45. The van der Waals surface area contributed by atoms with Gasteiger partial charge < -0.3 is 5.32 Å². The molecular weight excluding hydrogens is 122 g/mol. The standard InChI is InChI=1S/C5H9NOS/c1-2-3-6-5(7)4-8/h2-3,8H,4H2,1H3,(H,6,7). The van der Waals surface area contributed by atoms with E-state index in [1.807, 2.05) is 6.92 Å². The van der Waals surface area contributed by atoms with Gasteiger partial charge in [0.05, 0.1) is 5.75 Å². The molecule has 3 heteroatoms. The van der Waals surface area contributed by atoms with E-state index in [4.69, 9.17) is 0 Å². The van der Waals surface area contributed by atoms with Gasteiger partial charge in [-0.1, -0.05) is 6.08 Å². The summed E-state index contributed by atoms with van der Waals surface area (Å²) in [6.45, 7) is 1.83. The van der Waals surface area contributed by atoms with Crippen LogP contribution in [-0.4, -0.2) is 11.7 Å². The SMILES string of the molecule is CC=CNC(=O)CS. The Morgan fingerprint density at radius 2 is 2.50 bits per heavy atom. The highest BCUT2D eigenvalue weighted by molar-refractivity contribution is 7.81. The summed E-state index contributed by atoms with van der Waals surface area (Å²) in [7, 11) is 0. The average Bonchev–Trinajstić information content (AvgIpc) is 1.83. The molecule has 0 saturated heterocycles. The van der Waals surface area contributed by atoms with E-state index in [1.165, 1.54) is 0 Å². The molecule has 0 aromatic rings. The highest BCUT2D eigenvalue weighted by atomic mass is 32.1. The Morgan fingerprint density at radius 3 is 2.88 bits per heavy atom. The lowest BCUT2D eigenvalue weighted by Gasteiger charge is -1.90. The molecule has 2 nitrogen and oxygen atoms in total. The van der Waals surface area contributed by atoms with Crippen LogP contribution in [0.1, 0.15) is 6.92 Å². The molecule has 0 aromatic carbocycles. The van der Waals surface area contributed by atoms with Crippen molar-refractivity contribution in [1.29, 1.82) is 0 Å². The Labute approximate surface area is 54.4 Å². The summed E-state index contributed by atoms with van der Waals surface area (Å²) in [4.78, 5) is 10.3. The molecule has 0 aromatic heterocycles. The number of thiol groups is 1. The van der Waals surface area contributed by atoms with E-state index in [-0.39, 0.29) is 11.7 Å². The van der Waals surface area contributed by atoms with E-state index in [0.717, 1.165) is 0 Å². The van der Waals surface area contributed by atoms with Gasteiger partial charge in [0.15, 0.2) is 0 Å². The number of nitrogens with one attached hydrogen (secondary N) is 1. The molecule has 0 bridgehead atoms. The minimum Gasteiger partial charge on any atom is -0.332 e. The van der Waals surface area contributed by atoms with Gasteiger partial charge in [-0.3, -0.25) is 4.79 Å². The van der Waals surface area contributed by atoms with Crippen molar-refractivity contribution in [3.05, 3.63) is 12.3 Å². The van der Waals surface area contributed by atoms with E-state index >= 15 is 0 Å². The number of allylic oxidation sites excluding steroid dienone is 1. The lowest BCUT2D eigenvalue weighted by molar-refractivity contribution is -0.117. The fraction of sp³-hybridized carbons (Fsp3) is 0.400. The Balaban J connectivity index is 3.25. The fourth-order valence-electron chi connectivity index (χ4n) is 0.222. The molecule has 0 atom stereocenters. The molecule has 8 heavy (non-hydrogen) atoms. The van der Waals surface area contributed by atoms with E-state index in [1.54, 1.807) is 12.3 Å². The van der Waals surface area contributed by atoms with Gasteiger partial charge in [-0.15, -0.1) is 0 Å². The van der Waals surface area contributed by atoms with Crippen molar-refractivity contribution < 1.29 is 4.79 Å². The second-order valence-corrected chi connectivity index (χ2v) is 1.54. The van der Waals surface area contributed by atoms with Crippen molar-refractivity contribution in [2.24, 2.45) is 0 Å². The Hall–Kier alpha value is -0.440. The minimum atomic E-state index is -0.0774. The molecule has 0 aliphatic heterocycles. The number of hydrogen-bond donors (Lipinski definition) is 2. The Morgan fingerprint density at radius 1 is 1.88 bits per heavy atom. The number of carbonyl (C=O) groups excluding carboxylic acids is 1. The van der Waals surface area contributed by atoms with Gasteiger partial charge >= 0.3 is 0 Å². The third-order valence-corrected chi connectivity index (χ3v) is 0.842. The maximum atomic E-state index is 10.3. The lowest BCUT2D eigenvalue weighted by atomic mass is 10.6. The summed E-state index contributed by atoms with van der Waals surface area (Å²) < 4.78 is 0. The molecule has 0 heterocycles. The van der Waals surface area contributed by atoms with Gasteiger partial charge in [0, 0.05) is 0 Å². The predicted molar refractivity (Wildman–Crippen MR) is 36.8 cm³/mol. The van der Waals surface area contributed by atoms with Crippen LogP contribution in [0.4, 0.5) is 0 Å². The molecule has 1 N–H and O–H groups in total. The molecule has 0 rings (SSSR count). The van der Waals surface area contributed by atoms with E-state index in [9.17, 15) is 4.79 Å². The summed E-state index contributed by atoms with van der Waals surface area (Å²) >= 11 is 3.74. The van der Waals surface area contributed by atoms with Crippen LogP contribution in [-0.2, 0) is 4.79 Å². The van der Waals surface area contributed by atoms with E-state index < -0.39 is 0 Å². The number of hydrogen-bond acceptors (Lipinski definition) is 2. The number of amides is 1. The molecule has 46 valence electrons. The van der Waals surface area contributed by atoms with Crippen LogP contribution in [0.5, 0.6) is 0 Å². The molecular formula is C5H9NOS. The van der Waals surface area contributed by atoms with Crippen molar-refractivity contribution >= 4 is 18.5 Å². The van der Waals surface area contributed by atoms with E-state index in [0.29, 0.717) is 0 Å². The van der Waals surface area contributed by atoms with Crippen LogP contribution in [0.2, 0.25) is 0 Å². The zero-order valence-electron chi connectivity index (χ0n) is 4.72. The monoisotopic (exact) mass is 131 g/mol. The third-order valence-electron chi connectivity index (χ3n) is 0.555. The second kappa shape index (κ2) is 4.71. The van der Waals surface area contributed by atoms with Gasteiger partial charge in [0.2, 0.25) is 5.91 Å². The normalized spacial score (nSPS) is 9.75. The molecule has 0 saturated carbocycles. The van der Waals surface area contributed by atoms with Gasteiger partial charge in [0.25, 0.3) is 0 Å². The fourth-order valence-corrected chi connectivity index (χ4v) is 0.313. The van der Waals surface area contributed by atoms with Crippen LogP contribution in [0.25, 0.3) is 0 Å². The first-order valence-corrected chi connectivity index (χ1v) is 2.96. The third kappa shape index (κ3) is 3.74. The minimum absolute atomic E-state index is 0.0774. The molecule has 0 unspecified atom stereocenters. The molecule has 0 spiro atoms. The second-order valence-electron chi connectivity index (χ2n) is 1.23. The molecule has 0 aliphatic rings. The number of carbonyl (C=O) groups is 1. The maximum absolute atomic E-state index is 10.3. The van der Waals surface area contributed by atoms with Crippen LogP contribution in [0, 0.1) is 0 Å². The van der Waals surface area contributed by atoms with Crippen molar-refractivity contribution in [1.82, 2.24) is 5.32 Å². The van der Waals surface area contributed by atoms with Crippen molar-refractivity contribution in [3.63, 3.8) is 0 Å².